The lowest BCUT2D eigenvalue weighted by Crippen LogP contribution is -2.28. The van der Waals surface area contributed by atoms with E-state index in [1.54, 1.807) is 11.8 Å². The van der Waals surface area contributed by atoms with Gasteiger partial charge in [0.2, 0.25) is 11.8 Å². The molecule has 0 bridgehead atoms. The lowest BCUT2D eigenvalue weighted by Gasteiger charge is -2.25. The van der Waals surface area contributed by atoms with E-state index in [4.69, 9.17) is 0 Å². The average Bonchev–Trinajstić information content (AvgIpc) is 3.16. The first-order valence-electron chi connectivity index (χ1n) is 10.5. The molecule has 0 unspecified atom stereocenters. The molecule has 4 rings (SSSR count). The lowest BCUT2D eigenvalue weighted by atomic mass is 9.95. The molecular weight excluding hydrogens is 404 g/mol. The van der Waals surface area contributed by atoms with Gasteiger partial charge in [-0.25, -0.2) is 0 Å². The Labute approximate surface area is 187 Å². The van der Waals surface area contributed by atoms with E-state index >= 15 is 0 Å². The first-order valence-corrected chi connectivity index (χ1v) is 11.6. The van der Waals surface area contributed by atoms with Crippen LogP contribution in [0.2, 0.25) is 0 Å². The maximum atomic E-state index is 13.0. The second-order valence-corrected chi connectivity index (χ2v) is 8.82. The number of nitrogens with one attached hydrogen (secondary N) is 1. The highest BCUT2D eigenvalue weighted by Gasteiger charge is 2.34. The van der Waals surface area contributed by atoms with Gasteiger partial charge in [0.15, 0.2) is 0 Å². The van der Waals surface area contributed by atoms with Gasteiger partial charge >= 0.3 is 0 Å². The zero-order chi connectivity index (χ0) is 21.8. The summed E-state index contributed by atoms with van der Waals surface area (Å²) in [7, 11) is 0. The zero-order valence-electron chi connectivity index (χ0n) is 17.7. The van der Waals surface area contributed by atoms with Crippen molar-refractivity contribution in [3.8, 4) is 0 Å². The molecule has 1 aliphatic heterocycles. The molecule has 4 nitrogen and oxygen atoms in total. The van der Waals surface area contributed by atoms with Crippen molar-refractivity contribution < 1.29 is 9.59 Å². The molecule has 3 aromatic rings. The number of hydrogen-bond donors (Lipinski definition) is 1. The number of hydrogen-bond acceptors (Lipinski definition) is 3. The van der Waals surface area contributed by atoms with Gasteiger partial charge < -0.3 is 5.32 Å². The van der Waals surface area contributed by atoms with Gasteiger partial charge in [-0.1, -0.05) is 61.5 Å². The van der Waals surface area contributed by atoms with Gasteiger partial charge in [0.1, 0.15) is 5.37 Å². The summed E-state index contributed by atoms with van der Waals surface area (Å²) in [6.07, 6.45) is 0.726. The van der Waals surface area contributed by atoms with Gasteiger partial charge in [0.25, 0.3) is 0 Å². The van der Waals surface area contributed by atoms with Crippen LogP contribution in [0.1, 0.15) is 41.3 Å². The summed E-state index contributed by atoms with van der Waals surface area (Å²) in [4.78, 5) is 27.5. The number of rotatable bonds is 6. The van der Waals surface area contributed by atoms with Crippen LogP contribution in [0.15, 0.2) is 78.9 Å². The Morgan fingerprint density at radius 3 is 2.58 bits per heavy atom. The summed E-state index contributed by atoms with van der Waals surface area (Å²) in [5, 5.41) is 2.97. The van der Waals surface area contributed by atoms with E-state index in [1.165, 1.54) is 0 Å². The predicted octanol–water partition coefficient (Wildman–Crippen LogP) is 5.91. The molecule has 0 aliphatic carbocycles. The molecule has 0 saturated carbocycles. The van der Waals surface area contributed by atoms with Crippen LogP contribution in [-0.2, 0) is 9.59 Å². The monoisotopic (exact) mass is 430 g/mol. The number of amides is 2. The average molecular weight is 431 g/mol. The Bertz CT molecular complexity index is 1080. The van der Waals surface area contributed by atoms with E-state index in [0.29, 0.717) is 5.75 Å². The summed E-state index contributed by atoms with van der Waals surface area (Å²) < 4.78 is 0. The largest absolute Gasteiger partial charge is 0.326 e. The third kappa shape index (κ3) is 4.67. The maximum Gasteiger partial charge on any atom is 0.238 e. The van der Waals surface area contributed by atoms with E-state index in [1.807, 2.05) is 97.6 Å². The van der Waals surface area contributed by atoms with Crippen LogP contribution in [-0.4, -0.2) is 17.6 Å². The zero-order valence-corrected chi connectivity index (χ0v) is 18.6. The molecule has 1 fully saturated rings. The number of aryl methyl sites for hydroxylation is 1. The second-order valence-electron chi connectivity index (χ2n) is 7.75. The minimum absolute atomic E-state index is 0.0171. The molecule has 1 aliphatic rings. The van der Waals surface area contributed by atoms with Crippen molar-refractivity contribution in [1.82, 2.24) is 0 Å². The van der Waals surface area contributed by atoms with Crippen LogP contribution in [0.5, 0.6) is 0 Å². The molecule has 0 radical (unpaired) electrons. The smallest absolute Gasteiger partial charge is 0.238 e. The number of carbonyl (C=O) groups is 2. The number of anilines is 2. The Morgan fingerprint density at radius 1 is 1.06 bits per heavy atom. The van der Waals surface area contributed by atoms with E-state index < -0.39 is 0 Å². The third-order valence-corrected chi connectivity index (χ3v) is 6.73. The van der Waals surface area contributed by atoms with Crippen molar-refractivity contribution >= 4 is 35.0 Å². The maximum absolute atomic E-state index is 13.0. The minimum Gasteiger partial charge on any atom is -0.326 e. The Balaban J connectivity index is 1.56. The van der Waals surface area contributed by atoms with Crippen LogP contribution in [0.3, 0.4) is 0 Å². The molecule has 1 heterocycles. The molecule has 5 heteroatoms. The van der Waals surface area contributed by atoms with Crippen LogP contribution in [0.4, 0.5) is 11.4 Å². The summed E-state index contributed by atoms with van der Waals surface area (Å²) in [5.41, 5.74) is 4.79. The van der Waals surface area contributed by atoms with Gasteiger partial charge in [0, 0.05) is 11.4 Å². The van der Waals surface area contributed by atoms with Crippen molar-refractivity contribution in [3.05, 3.63) is 95.6 Å². The van der Waals surface area contributed by atoms with Crippen molar-refractivity contribution in [2.24, 2.45) is 0 Å². The second kappa shape index (κ2) is 9.40. The van der Waals surface area contributed by atoms with Crippen LogP contribution in [0, 0.1) is 6.92 Å². The molecule has 2 atom stereocenters. The first kappa shape index (κ1) is 21.2. The normalized spacial score (nSPS) is 16.9. The quantitative estimate of drug-likeness (QED) is 0.529. The topological polar surface area (TPSA) is 49.4 Å². The standard InChI is InChI=1S/C26H26N2O2S/c1-3-23(19-10-5-4-6-11-19)25(30)27-21-13-8-12-20(16-21)26-28(24(29)17-31-26)22-14-7-9-18(2)15-22/h4-16,23,26H,3,17H2,1-2H3,(H,27,30)/t23-,26+/m1/s1. The van der Waals surface area contributed by atoms with E-state index in [2.05, 4.69) is 5.32 Å². The summed E-state index contributed by atoms with van der Waals surface area (Å²) in [5.74, 6) is 0.332. The van der Waals surface area contributed by atoms with Crippen LogP contribution in [0.25, 0.3) is 0 Å². The summed E-state index contributed by atoms with van der Waals surface area (Å²) in [6, 6.07) is 25.7. The highest BCUT2D eigenvalue weighted by atomic mass is 32.2. The molecule has 31 heavy (non-hydrogen) atoms. The van der Waals surface area contributed by atoms with Crippen LogP contribution < -0.4 is 10.2 Å². The highest BCUT2D eigenvalue weighted by Crippen LogP contribution is 2.42. The van der Waals surface area contributed by atoms with E-state index in [0.717, 1.165) is 34.5 Å². The van der Waals surface area contributed by atoms with Gasteiger partial charge in [0.05, 0.1) is 11.7 Å². The van der Waals surface area contributed by atoms with Crippen molar-refractivity contribution in [2.75, 3.05) is 16.0 Å². The van der Waals surface area contributed by atoms with Gasteiger partial charge in [-0.15, -0.1) is 11.8 Å². The van der Waals surface area contributed by atoms with Crippen molar-refractivity contribution in [3.63, 3.8) is 0 Å². The molecule has 158 valence electrons. The predicted molar refractivity (Wildman–Crippen MR) is 128 cm³/mol. The molecule has 2 amide bonds. The fraction of sp³-hybridized carbons (Fsp3) is 0.231. The molecule has 1 saturated heterocycles. The SMILES string of the molecule is CC[C@@H](C(=O)Nc1cccc([C@@H]2SCC(=O)N2c2cccc(C)c2)c1)c1ccccc1. The van der Waals surface area contributed by atoms with Gasteiger partial charge in [-0.2, -0.15) is 0 Å². The Morgan fingerprint density at radius 2 is 1.84 bits per heavy atom. The lowest BCUT2D eigenvalue weighted by molar-refractivity contribution is -0.118. The fourth-order valence-electron chi connectivity index (χ4n) is 3.98. The van der Waals surface area contributed by atoms with Gasteiger partial charge in [-0.3, -0.25) is 14.5 Å². The fourth-order valence-corrected chi connectivity index (χ4v) is 5.15. The number of nitrogens with zero attached hydrogens (tertiary/aromatic N) is 1. The van der Waals surface area contributed by atoms with E-state index in [9.17, 15) is 9.59 Å². The first-order chi connectivity index (χ1) is 15.1. The molecule has 3 aromatic carbocycles. The molecule has 0 aromatic heterocycles. The minimum atomic E-state index is -0.198. The Kier molecular flexibility index (Phi) is 6.42. The number of benzene rings is 3. The molecular formula is C26H26N2O2S. The number of carbonyl (C=O) groups excluding carboxylic acids is 2. The third-order valence-electron chi connectivity index (χ3n) is 5.51. The van der Waals surface area contributed by atoms with Crippen molar-refractivity contribution in [2.45, 2.75) is 31.6 Å². The van der Waals surface area contributed by atoms with Gasteiger partial charge in [-0.05, 0) is 54.3 Å². The summed E-state index contributed by atoms with van der Waals surface area (Å²) >= 11 is 1.61. The summed E-state index contributed by atoms with van der Waals surface area (Å²) in [6.45, 7) is 4.05. The molecule has 0 spiro atoms. The van der Waals surface area contributed by atoms with Crippen molar-refractivity contribution in [1.29, 1.82) is 0 Å². The highest BCUT2D eigenvalue weighted by molar-refractivity contribution is 8.00. The molecule has 1 N–H and O–H groups in total. The van der Waals surface area contributed by atoms with Crippen LogP contribution >= 0.6 is 11.8 Å². The Hall–Kier alpha value is -3.05. The van der Waals surface area contributed by atoms with E-state index in [-0.39, 0.29) is 23.1 Å². The number of thioether (sulfide) groups is 1.